The van der Waals surface area contributed by atoms with Crippen molar-refractivity contribution in [2.75, 3.05) is 20.8 Å². The summed E-state index contributed by atoms with van der Waals surface area (Å²) in [6.07, 6.45) is 1.61. The van der Waals surface area contributed by atoms with Crippen molar-refractivity contribution in [3.05, 3.63) is 41.7 Å². The van der Waals surface area contributed by atoms with Gasteiger partial charge >= 0.3 is 5.97 Å². The number of hydrogen-bond acceptors (Lipinski definition) is 5. The second-order valence-corrected chi connectivity index (χ2v) is 5.85. The number of rotatable bonds is 7. The van der Waals surface area contributed by atoms with Gasteiger partial charge in [-0.15, -0.1) is 0 Å². The van der Waals surface area contributed by atoms with Crippen LogP contribution in [0.5, 0.6) is 5.75 Å². The fourth-order valence-corrected chi connectivity index (χ4v) is 2.31. The Morgan fingerprint density at radius 3 is 2.64 bits per heavy atom. The number of benzene rings is 1. The smallest absolute Gasteiger partial charge is 0.331 e. The molecule has 0 fully saturated rings. The predicted octanol–water partition coefficient (Wildman–Crippen LogP) is 1.41. The van der Waals surface area contributed by atoms with Crippen LogP contribution in [0.15, 0.2) is 30.5 Å². The summed E-state index contributed by atoms with van der Waals surface area (Å²) in [5.41, 5.74) is 0.235. The van der Waals surface area contributed by atoms with Crippen molar-refractivity contribution in [3.63, 3.8) is 0 Å². The third-order valence-electron chi connectivity index (χ3n) is 3.70. The number of carboxylic acids is 1. The van der Waals surface area contributed by atoms with Crippen LogP contribution in [0.4, 0.5) is 0 Å². The van der Waals surface area contributed by atoms with E-state index in [1.54, 1.807) is 13.3 Å². The molecule has 2 aromatic rings. The molecule has 0 bridgehead atoms. The Balaban J connectivity index is 2.28. The maximum absolute atomic E-state index is 12.4. The molecule has 8 nitrogen and oxygen atoms in total. The minimum absolute atomic E-state index is 0.0899. The molecular formula is C17H21N3O5. The molecule has 0 saturated heterocycles. The van der Waals surface area contributed by atoms with Gasteiger partial charge in [-0.05, 0) is 37.6 Å². The van der Waals surface area contributed by atoms with E-state index in [1.807, 2.05) is 25.1 Å². The van der Waals surface area contributed by atoms with Crippen molar-refractivity contribution in [2.45, 2.75) is 19.4 Å². The molecule has 0 radical (unpaired) electrons. The number of ether oxygens (including phenoxy) is 2. The third kappa shape index (κ3) is 3.97. The summed E-state index contributed by atoms with van der Waals surface area (Å²) in [6.45, 7) is 3.14. The SMILES string of the molecule is COCC(C)(NC(=O)c1ccn(-c2cc(C)ccc2OC)n1)C(=O)O. The number of nitrogens with zero attached hydrogens (tertiary/aromatic N) is 2. The molecule has 1 amide bonds. The van der Waals surface area contributed by atoms with Gasteiger partial charge in [0.1, 0.15) is 11.4 Å². The van der Waals surface area contributed by atoms with Crippen LogP contribution in [-0.2, 0) is 9.53 Å². The Bertz CT molecular complexity index is 786. The topological polar surface area (TPSA) is 103 Å². The van der Waals surface area contributed by atoms with Gasteiger partial charge < -0.3 is 19.9 Å². The molecule has 1 aromatic heterocycles. The highest BCUT2D eigenvalue weighted by Gasteiger charge is 2.35. The molecule has 8 heteroatoms. The van der Waals surface area contributed by atoms with E-state index in [4.69, 9.17) is 9.47 Å². The molecule has 2 N–H and O–H groups in total. The number of nitrogens with one attached hydrogen (secondary N) is 1. The predicted molar refractivity (Wildman–Crippen MR) is 90.2 cm³/mol. The van der Waals surface area contributed by atoms with Gasteiger partial charge in [0.05, 0.1) is 13.7 Å². The molecule has 0 spiro atoms. The molecule has 1 aromatic carbocycles. The highest BCUT2D eigenvalue weighted by Crippen LogP contribution is 2.23. The number of carbonyl (C=O) groups is 2. The van der Waals surface area contributed by atoms with Gasteiger partial charge in [0.2, 0.25) is 0 Å². The van der Waals surface area contributed by atoms with Gasteiger partial charge in [0.25, 0.3) is 5.91 Å². The lowest BCUT2D eigenvalue weighted by molar-refractivity contribution is -0.145. The molecule has 1 heterocycles. The molecule has 0 saturated carbocycles. The number of methoxy groups -OCH3 is 2. The zero-order valence-electron chi connectivity index (χ0n) is 14.6. The van der Waals surface area contributed by atoms with Crippen molar-refractivity contribution in [2.24, 2.45) is 0 Å². The lowest BCUT2D eigenvalue weighted by atomic mass is 10.0. The second kappa shape index (κ2) is 7.35. The zero-order valence-corrected chi connectivity index (χ0v) is 14.6. The van der Waals surface area contributed by atoms with Crippen LogP contribution in [0.3, 0.4) is 0 Å². The first-order valence-corrected chi connectivity index (χ1v) is 7.56. The van der Waals surface area contributed by atoms with Crippen LogP contribution in [0, 0.1) is 6.92 Å². The normalized spacial score (nSPS) is 13.1. The molecule has 25 heavy (non-hydrogen) atoms. The summed E-state index contributed by atoms with van der Waals surface area (Å²) in [5.74, 6) is -1.19. The van der Waals surface area contributed by atoms with E-state index in [0.29, 0.717) is 11.4 Å². The molecule has 0 aliphatic rings. The van der Waals surface area contributed by atoms with Gasteiger partial charge in [-0.3, -0.25) is 4.79 Å². The molecule has 2 rings (SSSR count). The van der Waals surface area contributed by atoms with Crippen molar-refractivity contribution in [1.29, 1.82) is 0 Å². The Morgan fingerprint density at radius 1 is 1.32 bits per heavy atom. The molecular weight excluding hydrogens is 326 g/mol. The summed E-state index contributed by atoms with van der Waals surface area (Å²) >= 11 is 0. The van der Waals surface area contributed by atoms with Crippen molar-refractivity contribution < 1.29 is 24.2 Å². The van der Waals surface area contributed by atoms with E-state index in [1.165, 1.54) is 24.8 Å². The van der Waals surface area contributed by atoms with E-state index < -0.39 is 17.4 Å². The van der Waals surface area contributed by atoms with Gasteiger partial charge in [0.15, 0.2) is 11.2 Å². The van der Waals surface area contributed by atoms with Crippen molar-refractivity contribution in [3.8, 4) is 11.4 Å². The number of carboxylic acid groups (broad SMARTS) is 1. The van der Waals surface area contributed by atoms with E-state index in [9.17, 15) is 14.7 Å². The van der Waals surface area contributed by atoms with Crippen LogP contribution >= 0.6 is 0 Å². The summed E-state index contributed by atoms with van der Waals surface area (Å²) in [6, 6.07) is 7.10. The van der Waals surface area contributed by atoms with Gasteiger partial charge in [-0.1, -0.05) is 6.07 Å². The van der Waals surface area contributed by atoms with Crippen LogP contribution < -0.4 is 10.1 Å². The number of hydrogen-bond donors (Lipinski definition) is 2. The Morgan fingerprint density at radius 2 is 2.04 bits per heavy atom. The van der Waals surface area contributed by atoms with E-state index in [0.717, 1.165) is 5.56 Å². The number of aliphatic carboxylic acids is 1. The van der Waals surface area contributed by atoms with E-state index in [2.05, 4.69) is 10.4 Å². The fraction of sp³-hybridized carbons (Fsp3) is 0.353. The van der Waals surface area contributed by atoms with Crippen LogP contribution in [0.2, 0.25) is 0 Å². The van der Waals surface area contributed by atoms with Crippen LogP contribution in [-0.4, -0.2) is 53.1 Å². The molecule has 1 unspecified atom stereocenters. The zero-order chi connectivity index (χ0) is 18.6. The summed E-state index contributed by atoms with van der Waals surface area (Å²) in [4.78, 5) is 23.8. The fourth-order valence-electron chi connectivity index (χ4n) is 2.31. The Labute approximate surface area is 145 Å². The quantitative estimate of drug-likeness (QED) is 0.785. The monoisotopic (exact) mass is 347 g/mol. The standard InChI is InChI=1S/C17H21N3O5/c1-11-5-6-14(25-4)13(9-11)20-8-7-12(19-20)15(21)18-17(2,10-24-3)16(22)23/h5-9H,10H2,1-4H3,(H,18,21)(H,22,23). The minimum Gasteiger partial charge on any atom is -0.494 e. The van der Waals surface area contributed by atoms with Crippen LogP contribution in [0.1, 0.15) is 23.0 Å². The first-order valence-electron chi connectivity index (χ1n) is 7.56. The summed E-state index contributed by atoms with van der Waals surface area (Å²) in [5, 5.41) is 16.0. The number of aryl methyl sites for hydroxylation is 1. The average Bonchev–Trinajstić information content (AvgIpc) is 3.04. The maximum Gasteiger partial charge on any atom is 0.331 e. The van der Waals surface area contributed by atoms with Crippen molar-refractivity contribution in [1.82, 2.24) is 15.1 Å². The Hall–Kier alpha value is -2.87. The van der Waals surface area contributed by atoms with E-state index >= 15 is 0 Å². The maximum atomic E-state index is 12.4. The highest BCUT2D eigenvalue weighted by atomic mass is 16.5. The average molecular weight is 347 g/mol. The molecule has 1 atom stereocenters. The van der Waals surface area contributed by atoms with Crippen molar-refractivity contribution >= 4 is 11.9 Å². The molecule has 0 aliphatic heterocycles. The first-order chi connectivity index (χ1) is 11.8. The number of carbonyl (C=O) groups excluding carboxylic acids is 1. The van der Waals surface area contributed by atoms with Crippen LogP contribution in [0.25, 0.3) is 5.69 Å². The van der Waals surface area contributed by atoms with Gasteiger partial charge in [-0.2, -0.15) is 5.10 Å². The first kappa shape index (κ1) is 18.5. The second-order valence-electron chi connectivity index (χ2n) is 5.85. The largest absolute Gasteiger partial charge is 0.494 e. The lowest BCUT2D eigenvalue weighted by Crippen LogP contribution is -2.55. The van der Waals surface area contributed by atoms with Gasteiger partial charge in [0, 0.05) is 13.3 Å². The lowest BCUT2D eigenvalue weighted by Gasteiger charge is -2.24. The number of aromatic nitrogens is 2. The summed E-state index contributed by atoms with van der Waals surface area (Å²) < 4.78 is 11.7. The molecule has 0 aliphatic carbocycles. The minimum atomic E-state index is -1.55. The van der Waals surface area contributed by atoms with Gasteiger partial charge in [-0.25, -0.2) is 9.48 Å². The van der Waals surface area contributed by atoms with E-state index in [-0.39, 0.29) is 12.3 Å². The highest BCUT2D eigenvalue weighted by molar-refractivity contribution is 5.96. The molecule has 134 valence electrons. The Kier molecular flexibility index (Phi) is 5.43. The third-order valence-corrected chi connectivity index (χ3v) is 3.70. The number of amides is 1. The summed E-state index contributed by atoms with van der Waals surface area (Å²) in [7, 11) is 2.92.